The van der Waals surface area contributed by atoms with Crippen LogP contribution in [0.15, 0.2) is 17.1 Å². The third-order valence-corrected chi connectivity index (χ3v) is 5.72. The summed E-state index contributed by atoms with van der Waals surface area (Å²) in [6, 6.07) is 1.40. The van der Waals surface area contributed by atoms with Crippen molar-refractivity contribution in [3.05, 3.63) is 43.2 Å². The molecule has 0 saturated heterocycles. The SMILES string of the molecule is CCCCC.Cc1nc2c(s1)CCCC2=O.Cc1nn2c(=O)ccnc2s1. The van der Waals surface area contributed by atoms with E-state index in [1.165, 1.54) is 52.3 Å². The fraction of sp³-hybridized carbons (Fsp3) is 0.526. The van der Waals surface area contributed by atoms with Gasteiger partial charge in [-0.05, 0) is 26.7 Å². The first-order valence-corrected chi connectivity index (χ1v) is 10.9. The molecule has 0 saturated carbocycles. The molecule has 0 amide bonds. The molecule has 0 aromatic carbocycles. The van der Waals surface area contributed by atoms with Crippen molar-refractivity contribution in [3.8, 4) is 0 Å². The largest absolute Gasteiger partial charge is 0.292 e. The first-order valence-electron chi connectivity index (χ1n) is 9.27. The van der Waals surface area contributed by atoms with E-state index in [0.29, 0.717) is 11.4 Å². The molecule has 0 aliphatic heterocycles. The summed E-state index contributed by atoms with van der Waals surface area (Å²) >= 11 is 3.07. The number of aromatic nitrogens is 4. The zero-order valence-corrected chi connectivity index (χ0v) is 18.0. The van der Waals surface area contributed by atoms with Gasteiger partial charge in [-0.25, -0.2) is 9.97 Å². The zero-order valence-electron chi connectivity index (χ0n) is 16.3. The van der Waals surface area contributed by atoms with Crippen LogP contribution in [-0.4, -0.2) is 25.4 Å². The Hall–Kier alpha value is -1.93. The van der Waals surface area contributed by atoms with Crippen molar-refractivity contribution in [2.24, 2.45) is 0 Å². The zero-order chi connectivity index (χ0) is 19.8. The van der Waals surface area contributed by atoms with Crippen molar-refractivity contribution >= 4 is 33.4 Å². The van der Waals surface area contributed by atoms with Crippen LogP contribution in [0.25, 0.3) is 4.96 Å². The van der Waals surface area contributed by atoms with Crippen LogP contribution < -0.4 is 5.56 Å². The molecule has 0 N–H and O–H groups in total. The lowest BCUT2D eigenvalue weighted by Gasteiger charge is -2.06. The second-order valence-electron chi connectivity index (χ2n) is 6.23. The third-order valence-electron chi connectivity index (χ3n) is 3.86. The molecular weight excluding hydrogens is 380 g/mol. The molecule has 0 fully saturated rings. The molecule has 8 heteroatoms. The predicted octanol–water partition coefficient (Wildman–Crippen LogP) is 4.63. The van der Waals surface area contributed by atoms with Crippen molar-refractivity contribution in [2.75, 3.05) is 0 Å². The van der Waals surface area contributed by atoms with Crippen LogP contribution in [0.2, 0.25) is 0 Å². The Bertz CT molecular complexity index is 941. The van der Waals surface area contributed by atoms with Crippen LogP contribution in [0.5, 0.6) is 0 Å². The minimum absolute atomic E-state index is 0.126. The molecule has 0 unspecified atom stereocenters. The number of aryl methyl sites for hydroxylation is 3. The topological polar surface area (TPSA) is 77.2 Å². The van der Waals surface area contributed by atoms with Crippen LogP contribution in [-0.2, 0) is 6.42 Å². The van der Waals surface area contributed by atoms with E-state index in [1.807, 2.05) is 13.8 Å². The Labute approximate surface area is 167 Å². The van der Waals surface area contributed by atoms with Gasteiger partial charge < -0.3 is 0 Å². The molecule has 6 nitrogen and oxygen atoms in total. The van der Waals surface area contributed by atoms with Gasteiger partial charge in [0.05, 0.1) is 5.01 Å². The fourth-order valence-corrected chi connectivity index (χ4v) is 4.29. The van der Waals surface area contributed by atoms with Crippen molar-refractivity contribution in [3.63, 3.8) is 0 Å². The second-order valence-corrected chi connectivity index (χ2v) is 8.68. The number of hydrogen-bond donors (Lipinski definition) is 0. The highest BCUT2D eigenvalue weighted by Crippen LogP contribution is 2.25. The van der Waals surface area contributed by atoms with Crippen LogP contribution in [0.3, 0.4) is 0 Å². The van der Waals surface area contributed by atoms with E-state index in [9.17, 15) is 9.59 Å². The van der Waals surface area contributed by atoms with Crippen molar-refractivity contribution in [1.29, 1.82) is 0 Å². The van der Waals surface area contributed by atoms with Gasteiger partial charge in [-0.1, -0.05) is 44.4 Å². The van der Waals surface area contributed by atoms with E-state index in [4.69, 9.17) is 0 Å². The normalized spacial score (nSPS) is 12.7. The number of thiazole rings is 1. The molecule has 0 atom stereocenters. The molecule has 0 bridgehead atoms. The third kappa shape index (κ3) is 6.04. The van der Waals surface area contributed by atoms with E-state index in [-0.39, 0.29) is 11.3 Å². The summed E-state index contributed by atoms with van der Waals surface area (Å²) in [7, 11) is 0. The number of carbonyl (C=O) groups is 1. The molecule has 3 heterocycles. The maximum atomic E-state index is 11.2. The van der Waals surface area contributed by atoms with Gasteiger partial charge in [-0.15, -0.1) is 11.3 Å². The summed E-state index contributed by atoms with van der Waals surface area (Å²) in [5, 5.41) is 5.84. The summed E-state index contributed by atoms with van der Waals surface area (Å²) in [6.45, 7) is 8.22. The van der Waals surface area contributed by atoms with Crippen LogP contribution in [0.4, 0.5) is 0 Å². The highest BCUT2D eigenvalue weighted by molar-refractivity contribution is 7.16. The summed E-state index contributed by atoms with van der Waals surface area (Å²) in [5.41, 5.74) is 0.623. The molecule has 146 valence electrons. The van der Waals surface area contributed by atoms with E-state index in [1.54, 1.807) is 11.3 Å². The van der Waals surface area contributed by atoms with Gasteiger partial charge in [0.1, 0.15) is 10.7 Å². The lowest BCUT2D eigenvalue weighted by molar-refractivity contribution is 0.0968. The van der Waals surface area contributed by atoms with Crippen LogP contribution in [0.1, 0.15) is 71.3 Å². The minimum Gasteiger partial charge on any atom is -0.292 e. The number of nitrogens with zero attached hydrogens (tertiary/aromatic N) is 4. The number of fused-ring (bicyclic) bond motifs is 2. The maximum absolute atomic E-state index is 11.2. The summed E-state index contributed by atoms with van der Waals surface area (Å²) in [4.78, 5) is 32.3. The lowest BCUT2D eigenvalue weighted by atomic mass is 10.0. The number of rotatable bonds is 2. The minimum atomic E-state index is -0.126. The maximum Gasteiger partial charge on any atom is 0.275 e. The van der Waals surface area contributed by atoms with E-state index in [2.05, 4.69) is 28.9 Å². The Balaban J connectivity index is 0.000000157. The number of Topliss-reactive ketones (excluding diaryl/α,β-unsaturated/α-hetero) is 1. The number of carbonyl (C=O) groups excluding carboxylic acids is 1. The molecular formula is C19H26N4O2S2. The Kier molecular flexibility index (Phi) is 8.24. The smallest absolute Gasteiger partial charge is 0.275 e. The summed E-state index contributed by atoms with van der Waals surface area (Å²) < 4.78 is 1.31. The van der Waals surface area contributed by atoms with Gasteiger partial charge in [-0.3, -0.25) is 9.59 Å². The number of hydrogen-bond acceptors (Lipinski definition) is 7. The fourth-order valence-electron chi connectivity index (χ4n) is 2.58. The van der Waals surface area contributed by atoms with Crippen molar-refractivity contribution in [1.82, 2.24) is 19.6 Å². The molecule has 1 aliphatic carbocycles. The molecule has 27 heavy (non-hydrogen) atoms. The monoisotopic (exact) mass is 406 g/mol. The summed E-state index contributed by atoms with van der Waals surface area (Å²) in [6.07, 6.45) is 8.32. The van der Waals surface area contributed by atoms with Crippen molar-refractivity contribution < 1.29 is 4.79 Å². The van der Waals surface area contributed by atoms with Gasteiger partial charge in [0, 0.05) is 23.6 Å². The highest BCUT2D eigenvalue weighted by Gasteiger charge is 2.20. The van der Waals surface area contributed by atoms with Crippen molar-refractivity contribution in [2.45, 2.75) is 66.2 Å². The van der Waals surface area contributed by atoms with Gasteiger partial charge in [0.25, 0.3) is 5.56 Å². The second kappa shape index (κ2) is 10.4. The average molecular weight is 407 g/mol. The Morgan fingerprint density at radius 1 is 1.07 bits per heavy atom. The van der Waals surface area contributed by atoms with Gasteiger partial charge in [0.2, 0.25) is 4.96 Å². The first kappa shape index (κ1) is 21.4. The van der Waals surface area contributed by atoms with Crippen LogP contribution in [0, 0.1) is 13.8 Å². The van der Waals surface area contributed by atoms with E-state index in [0.717, 1.165) is 28.6 Å². The Morgan fingerprint density at radius 2 is 1.81 bits per heavy atom. The highest BCUT2D eigenvalue weighted by atomic mass is 32.1. The summed E-state index contributed by atoms with van der Waals surface area (Å²) in [5.74, 6) is 0.232. The standard InChI is InChI=1S/C8H9NOS.C6H5N3OS.C5H12/c1-5-9-8-6(10)3-2-4-7(8)11-5;1-4-8-9-5(10)2-3-7-6(9)11-4;1-3-5-4-2/h2-4H2,1H3;2-3H,1H3;3-5H2,1-2H3. The number of unbranched alkanes of at least 4 members (excludes halogenated alkanes) is 2. The quantitative estimate of drug-likeness (QED) is 0.620. The molecule has 3 aromatic heterocycles. The number of ketones is 1. The molecule has 4 rings (SSSR count). The molecule has 1 aliphatic rings. The van der Waals surface area contributed by atoms with E-state index < -0.39 is 0 Å². The Morgan fingerprint density at radius 3 is 2.41 bits per heavy atom. The van der Waals surface area contributed by atoms with Gasteiger partial charge in [0.15, 0.2) is 5.78 Å². The average Bonchev–Trinajstić information content (AvgIpc) is 3.20. The van der Waals surface area contributed by atoms with Crippen LogP contribution >= 0.6 is 22.7 Å². The predicted molar refractivity (Wildman–Crippen MR) is 111 cm³/mol. The van der Waals surface area contributed by atoms with Gasteiger partial charge >= 0.3 is 0 Å². The molecule has 3 aromatic rings. The van der Waals surface area contributed by atoms with E-state index >= 15 is 0 Å². The lowest BCUT2D eigenvalue weighted by Crippen LogP contribution is -2.12. The molecule has 0 radical (unpaired) electrons. The first-order chi connectivity index (χ1) is 13.0. The van der Waals surface area contributed by atoms with Gasteiger partial charge in [-0.2, -0.15) is 9.61 Å². The molecule has 0 spiro atoms.